The summed E-state index contributed by atoms with van der Waals surface area (Å²) in [6.07, 6.45) is 1.99. The lowest BCUT2D eigenvalue weighted by atomic mass is 9.96. The molecule has 0 bridgehead atoms. The minimum absolute atomic E-state index is 0.0189. The van der Waals surface area contributed by atoms with Gasteiger partial charge in [0.15, 0.2) is 0 Å². The summed E-state index contributed by atoms with van der Waals surface area (Å²) in [5.41, 5.74) is 15.1. The van der Waals surface area contributed by atoms with Gasteiger partial charge >= 0.3 is 5.97 Å². The highest BCUT2D eigenvalue weighted by atomic mass is 16.4. The zero-order valence-electron chi connectivity index (χ0n) is 43.3. The van der Waals surface area contributed by atoms with Crippen molar-refractivity contribution in [3.63, 3.8) is 0 Å². The Morgan fingerprint density at radius 2 is 1.18 bits per heavy atom. The van der Waals surface area contributed by atoms with Crippen LogP contribution >= 0.6 is 0 Å². The molecule has 1 aliphatic rings. The Kier molecular flexibility index (Phi) is 19.9. The molecule has 1 saturated heterocycles. The summed E-state index contributed by atoms with van der Waals surface area (Å²) in [6, 6.07) is 9.71. The second kappa shape index (κ2) is 26.4. The quantitative estimate of drug-likeness (QED) is 0.0357. The van der Waals surface area contributed by atoms with Crippen LogP contribution in [0.25, 0.3) is 21.8 Å². The number of likely N-dealkylation sites (tertiary alicyclic amines) is 1. The number of hydrogen-bond acceptors (Lipinski definition) is 12. The first-order valence-corrected chi connectivity index (χ1v) is 25.6. The maximum absolute atomic E-state index is 14.4. The number of aromatic nitrogens is 2. The number of nitrogens with one attached hydrogen (secondary N) is 8. The molecule has 5 aromatic rings. The number of primary amides is 1. The van der Waals surface area contributed by atoms with E-state index in [2.05, 4.69) is 41.9 Å². The van der Waals surface area contributed by atoms with Crippen LogP contribution in [0.1, 0.15) is 76.5 Å². The summed E-state index contributed by atoms with van der Waals surface area (Å²) >= 11 is 0. The number of aromatic hydroxyl groups is 1. The third-order valence-electron chi connectivity index (χ3n) is 13.9. The number of hydrogen-bond donors (Lipinski definition) is 13. The van der Waals surface area contributed by atoms with Gasteiger partial charge in [0, 0.05) is 60.0 Å². The van der Waals surface area contributed by atoms with Gasteiger partial charge in [-0.1, -0.05) is 68.8 Å². The monoisotopic (exact) mass is 1060 g/mol. The first-order chi connectivity index (χ1) is 36.6. The van der Waals surface area contributed by atoms with Gasteiger partial charge in [0.05, 0.1) is 12.1 Å². The summed E-state index contributed by atoms with van der Waals surface area (Å²) in [4.78, 5) is 130. The molecule has 8 amide bonds. The number of benzene rings is 3. The smallest absolute Gasteiger partial charge is 0.326 e. The van der Waals surface area contributed by atoms with Crippen molar-refractivity contribution in [2.75, 3.05) is 6.54 Å². The molecule has 0 unspecified atom stereocenters. The van der Waals surface area contributed by atoms with Crippen LogP contribution in [0, 0.1) is 5.92 Å². The molecule has 2 aromatic heterocycles. The highest BCUT2D eigenvalue weighted by Gasteiger charge is 2.41. The normalized spacial score (nSPS) is 16.9. The van der Waals surface area contributed by atoms with Gasteiger partial charge in [0.1, 0.15) is 48.0 Å². The standard InChI is InChI=1S/C54H69N11O12/c1-5-28(2)45(53(75)65-22-10-15-43(65)54(76)77)63-51(73)42(25-33-27-58-39-14-9-7-12-36(33)39)62-52(74)46(30(4)66)64-47(69)29(3)59-49(71)40(20-21-44(56)68)60-50(72)41(24-32-26-57-38-13-8-6-11-35(32)38)61-48(70)37(55)23-31-16-18-34(67)19-17-31/h6-9,11-14,16-19,26-30,37,40-43,45-46,57-58,66-67H,5,10,15,20-25,55H2,1-4H3,(H2,56,68)(H,59,71)(H,60,72)(H,61,70)(H,62,74)(H,63,73)(H,64,69)(H,76,77)/t28-,29-,30+,37-,40-,41-,42-,43-,45-,46-/m0/s1. The number of nitrogens with two attached hydrogens (primary N) is 2. The van der Waals surface area contributed by atoms with E-state index in [9.17, 15) is 58.5 Å². The van der Waals surface area contributed by atoms with Crippen LogP contribution in [-0.4, -0.2) is 144 Å². The Hall–Kier alpha value is -8.31. The second-order valence-corrected chi connectivity index (χ2v) is 19.6. The van der Waals surface area contributed by atoms with Gasteiger partial charge < -0.3 is 73.6 Å². The molecule has 0 spiro atoms. The molecule has 10 atom stereocenters. The molecule has 412 valence electrons. The number of phenolic OH excluding ortho intramolecular Hbond substituents is 1. The number of fused-ring (bicyclic) bond motifs is 2. The number of carboxylic acid groups (broad SMARTS) is 1. The molecule has 23 heteroatoms. The Balaban J connectivity index is 1.17. The van der Waals surface area contributed by atoms with Gasteiger partial charge in [-0.2, -0.15) is 0 Å². The average Bonchev–Trinajstić information content (AvgIpc) is 4.17. The number of carbonyl (C=O) groups is 9. The molecule has 3 aromatic carbocycles. The summed E-state index contributed by atoms with van der Waals surface area (Å²) in [5.74, 6) is -8.31. The van der Waals surface area contributed by atoms with E-state index >= 15 is 0 Å². The lowest BCUT2D eigenvalue weighted by Gasteiger charge is -2.32. The van der Waals surface area contributed by atoms with E-state index in [1.54, 1.807) is 49.6 Å². The van der Waals surface area contributed by atoms with Crippen molar-refractivity contribution in [1.29, 1.82) is 0 Å². The predicted molar refractivity (Wildman–Crippen MR) is 283 cm³/mol. The molecule has 6 rings (SSSR count). The van der Waals surface area contributed by atoms with E-state index in [-0.39, 0.29) is 50.8 Å². The van der Waals surface area contributed by atoms with Crippen LogP contribution in [0.4, 0.5) is 0 Å². The fourth-order valence-corrected chi connectivity index (χ4v) is 9.27. The van der Waals surface area contributed by atoms with Gasteiger partial charge in [-0.15, -0.1) is 0 Å². The van der Waals surface area contributed by atoms with Gasteiger partial charge in [-0.25, -0.2) is 4.79 Å². The van der Waals surface area contributed by atoms with Crippen LogP contribution in [0.5, 0.6) is 5.75 Å². The number of carboxylic acids is 1. The largest absolute Gasteiger partial charge is 0.508 e. The number of carbonyl (C=O) groups excluding carboxylic acids is 8. The number of H-pyrrole nitrogens is 2. The van der Waals surface area contributed by atoms with Crippen molar-refractivity contribution in [2.45, 2.75) is 134 Å². The average molecular weight is 1060 g/mol. The number of rotatable bonds is 26. The van der Waals surface area contributed by atoms with Crippen molar-refractivity contribution in [2.24, 2.45) is 17.4 Å². The minimum atomic E-state index is -1.73. The molecule has 1 aliphatic heterocycles. The minimum Gasteiger partial charge on any atom is -0.508 e. The van der Waals surface area contributed by atoms with Crippen LogP contribution in [-0.2, 0) is 62.4 Å². The lowest BCUT2D eigenvalue weighted by molar-refractivity contribution is -0.150. The van der Waals surface area contributed by atoms with E-state index in [1.807, 2.05) is 37.3 Å². The first-order valence-electron chi connectivity index (χ1n) is 25.6. The highest BCUT2D eigenvalue weighted by Crippen LogP contribution is 2.24. The molecule has 77 heavy (non-hydrogen) atoms. The summed E-state index contributed by atoms with van der Waals surface area (Å²) in [7, 11) is 0. The van der Waals surface area contributed by atoms with Gasteiger partial charge in [-0.3, -0.25) is 38.4 Å². The molecule has 0 radical (unpaired) electrons. The number of aliphatic carboxylic acids is 1. The maximum atomic E-state index is 14.4. The Labute approximate surface area is 444 Å². The van der Waals surface area contributed by atoms with Crippen LogP contribution < -0.4 is 43.4 Å². The molecule has 23 nitrogen and oxygen atoms in total. The summed E-state index contributed by atoms with van der Waals surface area (Å²) < 4.78 is 0. The van der Waals surface area contributed by atoms with E-state index in [4.69, 9.17) is 11.5 Å². The number of para-hydroxylation sites is 2. The number of nitrogens with zero attached hydrogens (tertiary/aromatic N) is 1. The lowest BCUT2D eigenvalue weighted by Crippen LogP contribution is -2.62. The van der Waals surface area contributed by atoms with Crippen LogP contribution in [0.3, 0.4) is 0 Å². The third kappa shape index (κ3) is 15.2. The molecular formula is C54H69N11O12. The maximum Gasteiger partial charge on any atom is 0.326 e. The second-order valence-electron chi connectivity index (χ2n) is 19.6. The van der Waals surface area contributed by atoms with Crippen LogP contribution in [0.15, 0.2) is 85.2 Å². The fraction of sp³-hybridized carbons (Fsp3) is 0.426. The molecule has 0 saturated carbocycles. The number of aliphatic hydroxyl groups is 1. The Bertz CT molecular complexity index is 2940. The number of aliphatic hydroxyl groups excluding tert-OH is 1. The topological polar surface area (TPSA) is 373 Å². The summed E-state index contributed by atoms with van der Waals surface area (Å²) in [5, 5.41) is 47.6. The fourth-order valence-electron chi connectivity index (χ4n) is 9.27. The van der Waals surface area contributed by atoms with Crippen molar-refractivity contribution < 1.29 is 58.5 Å². The molecule has 1 fully saturated rings. The van der Waals surface area contributed by atoms with Crippen molar-refractivity contribution in [3.8, 4) is 5.75 Å². The Morgan fingerprint density at radius 3 is 1.73 bits per heavy atom. The molecular weight excluding hydrogens is 995 g/mol. The van der Waals surface area contributed by atoms with Crippen molar-refractivity contribution in [1.82, 2.24) is 46.8 Å². The van der Waals surface area contributed by atoms with Gasteiger partial charge in [0.25, 0.3) is 0 Å². The van der Waals surface area contributed by atoms with E-state index < -0.39 is 114 Å². The Morgan fingerprint density at radius 1 is 0.662 bits per heavy atom. The van der Waals surface area contributed by atoms with Crippen LogP contribution in [0.2, 0.25) is 0 Å². The number of aromatic amines is 2. The predicted octanol–water partition coefficient (Wildman–Crippen LogP) is 0.407. The SMILES string of the molecule is CC[C@H](C)[C@H](NC(=O)[C@H](Cc1c[nH]c2ccccc12)NC(=O)[C@@H](NC(=O)[C@H](C)NC(=O)[C@H](CCC(N)=O)NC(=O)[C@H](Cc1c[nH]c2ccccc12)NC(=O)[C@@H](N)Cc1ccc(O)cc1)[C@@H](C)O)C(=O)N1CCC[C@H]1C(=O)O. The number of amides is 8. The zero-order chi connectivity index (χ0) is 56.1. The third-order valence-corrected chi connectivity index (χ3v) is 13.9. The van der Waals surface area contributed by atoms with Gasteiger partial charge in [0.2, 0.25) is 47.3 Å². The molecule has 3 heterocycles. The van der Waals surface area contributed by atoms with E-state index in [0.29, 0.717) is 29.5 Å². The van der Waals surface area contributed by atoms with Crippen molar-refractivity contribution in [3.05, 3.63) is 102 Å². The molecule has 0 aliphatic carbocycles. The van der Waals surface area contributed by atoms with E-state index in [0.717, 1.165) is 21.8 Å². The van der Waals surface area contributed by atoms with Gasteiger partial charge in [-0.05, 0) is 86.4 Å². The highest BCUT2D eigenvalue weighted by molar-refractivity contribution is 5.99. The van der Waals surface area contributed by atoms with Crippen molar-refractivity contribution >= 4 is 75.0 Å². The zero-order valence-corrected chi connectivity index (χ0v) is 43.3. The summed E-state index contributed by atoms with van der Waals surface area (Å²) in [6.45, 7) is 6.20. The molecule has 15 N–H and O–H groups in total. The van der Waals surface area contributed by atoms with E-state index in [1.165, 1.54) is 30.9 Å². The first kappa shape index (κ1) is 58.0. The number of phenols is 1.